The Hall–Kier alpha value is -2.07. The Kier molecular flexibility index (Phi) is 4.96. The third-order valence-electron chi connectivity index (χ3n) is 3.03. The van der Waals surface area contributed by atoms with Crippen LogP contribution in [-0.2, 0) is 0 Å². The van der Waals surface area contributed by atoms with Crippen molar-refractivity contribution in [2.75, 3.05) is 20.3 Å². The third-order valence-corrected chi connectivity index (χ3v) is 3.03. The van der Waals surface area contributed by atoms with E-state index in [1.54, 1.807) is 25.3 Å². The van der Waals surface area contributed by atoms with Gasteiger partial charge in [0.05, 0.1) is 20.3 Å². The van der Waals surface area contributed by atoms with Crippen molar-refractivity contribution >= 4 is 0 Å². The van der Waals surface area contributed by atoms with Crippen LogP contribution >= 0.6 is 0 Å². The summed E-state index contributed by atoms with van der Waals surface area (Å²) in [5.41, 5.74) is 0.718. The maximum atomic E-state index is 13.2. The number of aliphatic hydroxyl groups excluding tert-OH is 1. The minimum absolute atomic E-state index is 0.104. The fourth-order valence-corrected chi connectivity index (χ4v) is 1.90. The van der Waals surface area contributed by atoms with Crippen LogP contribution < -0.4 is 9.47 Å². The highest BCUT2D eigenvalue weighted by atomic mass is 19.1. The second-order valence-corrected chi connectivity index (χ2v) is 4.42. The van der Waals surface area contributed by atoms with Gasteiger partial charge in [-0.05, 0) is 29.8 Å². The monoisotopic (exact) mass is 276 g/mol. The second-order valence-electron chi connectivity index (χ2n) is 4.42. The number of hydrogen-bond donors (Lipinski definition) is 1. The molecule has 0 bridgehead atoms. The first-order valence-corrected chi connectivity index (χ1v) is 6.36. The molecule has 0 amide bonds. The molecule has 4 heteroatoms. The van der Waals surface area contributed by atoms with Gasteiger partial charge in [-0.25, -0.2) is 4.39 Å². The van der Waals surface area contributed by atoms with E-state index < -0.39 is 0 Å². The first-order chi connectivity index (χ1) is 9.72. The molecule has 2 aromatic carbocycles. The van der Waals surface area contributed by atoms with Gasteiger partial charge in [0.25, 0.3) is 0 Å². The van der Waals surface area contributed by atoms with Crippen molar-refractivity contribution in [2.24, 2.45) is 0 Å². The molecule has 2 aromatic rings. The van der Waals surface area contributed by atoms with Crippen LogP contribution in [0.1, 0.15) is 11.5 Å². The Morgan fingerprint density at radius 2 is 1.85 bits per heavy atom. The van der Waals surface area contributed by atoms with Crippen molar-refractivity contribution in [1.82, 2.24) is 0 Å². The van der Waals surface area contributed by atoms with E-state index in [1.807, 2.05) is 18.2 Å². The standard InChI is InChI=1S/C16H17FO3/c1-19-15-6-3-7-16(9-15)20-11-13(10-18)12-4-2-5-14(17)8-12/h2-9,13,18H,10-11H2,1H3. The average Bonchev–Trinajstić information content (AvgIpc) is 2.48. The predicted octanol–water partition coefficient (Wildman–Crippen LogP) is 2.99. The number of aliphatic hydroxyl groups is 1. The average molecular weight is 276 g/mol. The van der Waals surface area contributed by atoms with Crippen LogP contribution in [-0.4, -0.2) is 25.4 Å². The SMILES string of the molecule is COc1cccc(OCC(CO)c2cccc(F)c2)c1. The van der Waals surface area contributed by atoms with E-state index in [4.69, 9.17) is 9.47 Å². The van der Waals surface area contributed by atoms with Gasteiger partial charge in [-0.1, -0.05) is 18.2 Å². The van der Waals surface area contributed by atoms with Gasteiger partial charge in [-0.3, -0.25) is 0 Å². The number of rotatable bonds is 6. The molecular formula is C16H17FO3. The summed E-state index contributed by atoms with van der Waals surface area (Å²) >= 11 is 0. The lowest BCUT2D eigenvalue weighted by Crippen LogP contribution is -2.14. The predicted molar refractivity (Wildman–Crippen MR) is 74.7 cm³/mol. The molecule has 0 radical (unpaired) electrons. The summed E-state index contributed by atoms with van der Waals surface area (Å²) in [6, 6.07) is 13.4. The molecule has 0 saturated heterocycles. The van der Waals surface area contributed by atoms with Crippen molar-refractivity contribution in [3.8, 4) is 11.5 Å². The molecular weight excluding hydrogens is 259 g/mol. The van der Waals surface area contributed by atoms with E-state index in [2.05, 4.69) is 0 Å². The zero-order valence-electron chi connectivity index (χ0n) is 11.3. The van der Waals surface area contributed by atoms with Crippen LogP contribution in [0.25, 0.3) is 0 Å². The van der Waals surface area contributed by atoms with Crippen LogP contribution in [0.2, 0.25) is 0 Å². The maximum Gasteiger partial charge on any atom is 0.123 e. The molecule has 1 atom stereocenters. The van der Waals surface area contributed by atoms with Crippen LogP contribution in [0.15, 0.2) is 48.5 Å². The van der Waals surface area contributed by atoms with E-state index in [0.717, 1.165) is 5.56 Å². The minimum Gasteiger partial charge on any atom is -0.497 e. The molecule has 1 unspecified atom stereocenters. The van der Waals surface area contributed by atoms with Crippen molar-refractivity contribution in [2.45, 2.75) is 5.92 Å². The molecule has 0 aromatic heterocycles. The maximum absolute atomic E-state index is 13.2. The van der Waals surface area contributed by atoms with Gasteiger partial charge in [0.2, 0.25) is 0 Å². The van der Waals surface area contributed by atoms with Crippen LogP contribution in [0.3, 0.4) is 0 Å². The number of halogens is 1. The van der Waals surface area contributed by atoms with E-state index in [1.165, 1.54) is 12.1 Å². The van der Waals surface area contributed by atoms with Crippen LogP contribution in [0.5, 0.6) is 11.5 Å². The lowest BCUT2D eigenvalue weighted by Gasteiger charge is -2.16. The minimum atomic E-state index is -0.317. The molecule has 0 heterocycles. The third kappa shape index (κ3) is 3.71. The van der Waals surface area contributed by atoms with E-state index in [-0.39, 0.29) is 24.9 Å². The lowest BCUT2D eigenvalue weighted by molar-refractivity contribution is 0.204. The zero-order chi connectivity index (χ0) is 14.4. The molecule has 2 rings (SSSR count). The van der Waals surface area contributed by atoms with E-state index >= 15 is 0 Å². The number of hydrogen-bond acceptors (Lipinski definition) is 3. The summed E-state index contributed by atoms with van der Waals surface area (Å²) in [6.45, 7) is 0.167. The Morgan fingerprint density at radius 1 is 1.10 bits per heavy atom. The molecule has 0 aliphatic heterocycles. The molecule has 3 nitrogen and oxygen atoms in total. The van der Waals surface area contributed by atoms with Gasteiger partial charge in [-0.15, -0.1) is 0 Å². The van der Waals surface area contributed by atoms with Crippen molar-refractivity contribution in [1.29, 1.82) is 0 Å². The van der Waals surface area contributed by atoms with E-state index in [9.17, 15) is 9.50 Å². The number of benzene rings is 2. The smallest absolute Gasteiger partial charge is 0.123 e. The summed E-state index contributed by atoms with van der Waals surface area (Å²) in [5, 5.41) is 9.42. The zero-order valence-corrected chi connectivity index (χ0v) is 11.3. The van der Waals surface area contributed by atoms with Gasteiger partial charge in [0.1, 0.15) is 17.3 Å². The summed E-state index contributed by atoms with van der Waals surface area (Å²) in [6.07, 6.45) is 0. The molecule has 0 saturated carbocycles. The second kappa shape index (κ2) is 6.91. The Balaban J connectivity index is 2.03. The number of ether oxygens (including phenoxy) is 2. The Labute approximate surface area is 117 Å². The highest BCUT2D eigenvalue weighted by Gasteiger charge is 2.12. The molecule has 106 valence electrons. The first kappa shape index (κ1) is 14.3. The summed E-state index contributed by atoms with van der Waals surface area (Å²) < 4.78 is 23.9. The molecule has 0 aliphatic carbocycles. The van der Waals surface area contributed by atoms with Crippen LogP contribution in [0.4, 0.5) is 4.39 Å². The molecule has 0 aliphatic rings. The van der Waals surface area contributed by atoms with Gasteiger partial charge >= 0.3 is 0 Å². The highest BCUT2D eigenvalue weighted by Crippen LogP contribution is 2.22. The molecule has 0 fully saturated rings. The summed E-state index contributed by atoms with van der Waals surface area (Å²) in [4.78, 5) is 0. The van der Waals surface area contributed by atoms with Crippen molar-refractivity contribution < 1.29 is 19.0 Å². The largest absolute Gasteiger partial charge is 0.497 e. The van der Waals surface area contributed by atoms with Gasteiger partial charge in [0.15, 0.2) is 0 Å². The summed E-state index contributed by atoms with van der Waals surface area (Å²) in [7, 11) is 1.59. The van der Waals surface area contributed by atoms with Crippen molar-refractivity contribution in [3.63, 3.8) is 0 Å². The first-order valence-electron chi connectivity index (χ1n) is 6.36. The molecule has 20 heavy (non-hydrogen) atoms. The van der Waals surface area contributed by atoms with E-state index in [0.29, 0.717) is 11.5 Å². The van der Waals surface area contributed by atoms with Crippen molar-refractivity contribution in [3.05, 3.63) is 59.9 Å². The Morgan fingerprint density at radius 3 is 2.55 bits per heavy atom. The molecule has 0 spiro atoms. The normalized spacial score (nSPS) is 11.9. The van der Waals surface area contributed by atoms with Gasteiger partial charge in [0, 0.05) is 12.0 Å². The summed E-state index contributed by atoms with van der Waals surface area (Å²) in [5.74, 6) is 0.771. The highest BCUT2D eigenvalue weighted by molar-refractivity contribution is 5.33. The topological polar surface area (TPSA) is 38.7 Å². The number of methoxy groups -OCH3 is 1. The fourth-order valence-electron chi connectivity index (χ4n) is 1.90. The van der Waals surface area contributed by atoms with Gasteiger partial charge in [-0.2, -0.15) is 0 Å². The fraction of sp³-hybridized carbons (Fsp3) is 0.250. The Bertz CT molecular complexity index is 557. The lowest BCUT2D eigenvalue weighted by atomic mass is 10.0. The van der Waals surface area contributed by atoms with Gasteiger partial charge < -0.3 is 14.6 Å². The molecule has 1 N–H and O–H groups in total. The quantitative estimate of drug-likeness (QED) is 0.881. The van der Waals surface area contributed by atoms with Crippen LogP contribution in [0, 0.1) is 5.82 Å².